The number of hydrogen-bond acceptors (Lipinski definition) is 4. The molecular weight excluding hydrogens is 226 g/mol. The highest BCUT2D eigenvalue weighted by atomic mass is 16.2. The molecule has 2 aromatic rings. The maximum atomic E-state index is 11.6. The van der Waals surface area contributed by atoms with Crippen LogP contribution in [0.5, 0.6) is 0 Å². The van der Waals surface area contributed by atoms with E-state index in [0.717, 1.165) is 0 Å². The van der Waals surface area contributed by atoms with Gasteiger partial charge in [0.1, 0.15) is 0 Å². The molecule has 3 N–H and O–H groups in total. The van der Waals surface area contributed by atoms with E-state index in [1.54, 1.807) is 7.05 Å². The number of primary amides is 1. The second kappa shape index (κ2) is 3.89. The predicted molar refractivity (Wildman–Crippen MR) is 59.4 cm³/mol. The van der Waals surface area contributed by atoms with Gasteiger partial charge in [-0.3, -0.25) is 19.1 Å². The van der Waals surface area contributed by atoms with Crippen LogP contribution in [-0.2, 0) is 18.4 Å². The maximum absolute atomic E-state index is 11.6. The summed E-state index contributed by atoms with van der Waals surface area (Å²) < 4.78 is 2.73. The fourth-order valence-electron chi connectivity index (χ4n) is 1.63. The number of amides is 1. The molecule has 0 radical (unpaired) electrons. The first-order valence-corrected chi connectivity index (χ1v) is 4.93. The largest absolute Gasteiger partial charge is 0.370 e. The zero-order chi connectivity index (χ0) is 12.6. The van der Waals surface area contributed by atoms with Gasteiger partial charge in [-0.15, -0.1) is 0 Å². The summed E-state index contributed by atoms with van der Waals surface area (Å²) >= 11 is 0. The Morgan fingerprint density at radius 2 is 2.24 bits per heavy atom. The highest BCUT2D eigenvalue weighted by molar-refractivity contribution is 5.74. The third-order valence-corrected chi connectivity index (χ3v) is 2.44. The molecule has 0 bridgehead atoms. The Morgan fingerprint density at radius 1 is 1.53 bits per heavy atom. The average molecular weight is 237 g/mol. The molecule has 8 nitrogen and oxygen atoms in total. The van der Waals surface area contributed by atoms with Crippen molar-refractivity contribution in [2.45, 2.75) is 13.0 Å². The van der Waals surface area contributed by atoms with Gasteiger partial charge in [-0.25, -0.2) is 9.78 Å². The monoisotopic (exact) mass is 237 g/mol. The van der Waals surface area contributed by atoms with Crippen LogP contribution in [-0.4, -0.2) is 25.0 Å². The first kappa shape index (κ1) is 11.1. The number of nitrogens with one attached hydrogen (secondary N) is 1. The Balaban J connectivity index is 2.66. The summed E-state index contributed by atoms with van der Waals surface area (Å²) in [4.78, 5) is 40.0. The molecular formula is C9H11N5O3. The zero-order valence-electron chi connectivity index (χ0n) is 9.14. The lowest BCUT2D eigenvalue weighted by atomic mass is 10.4. The van der Waals surface area contributed by atoms with Gasteiger partial charge in [0.05, 0.1) is 6.33 Å². The number of rotatable bonds is 3. The van der Waals surface area contributed by atoms with Crippen molar-refractivity contribution < 1.29 is 4.79 Å². The van der Waals surface area contributed by atoms with Gasteiger partial charge in [0.15, 0.2) is 11.2 Å². The minimum Gasteiger partial charge on any atom is -0.370 e. The molecule has 2 rings (SSSR count). The van der Waals surface area contributed by atoms with Gasteiger partial charge in [-0.1, -0.05) is 0 Å². The predicted octanol–water partition coefficient (Wildman–Crippen LogP) is -1.70. The first-order chi connectivity index (χ1) is 8.00. The lowest BCUT2D eigenvalue weighted by Crippen LogP contribution is -2.32. The number of aromatic amines is 1. The normalized spacial score (nSPS) is 10.9. The maximum Gasteiger partial charge on any atom is 0.330 e. The minimum absolute atomic E-state index is 0.0115. The molecule has 0 aromatic carbocycles. The summed E-state index contributed by atoms with van der Waals surface area (Å²) in [6.45, 7) is 0.0957. The molecule has 0 atom stereocenters. The molecule has 2 heterocycles. The third-order valence-electron chi connectivity index (χ3n) is 2.44. The van der Waals surface area contributed by atoms with Gasteiger partial charge in [0, 0.05) is 20.0 Å². The van der Waals surface area contributed by atoms with Crippen molar-refractivity contribution in [3.8, 4) is 0 Å². The van der Waals surface area contributed by atoms with Crippen LogP contribution < -0.4 is 17.0 Å². The Morgan fingerprint density at radius 3 is 2.88 bits per heavy atom. The second-order valence-corrected chi connectivity index (χ2v) is 3.65. The average Bonchev–Trinajstić information content (AvgIpc) is 2.60. The molecule has 0 aliphatic carbocycles. The van der Waals surface area contributed by atoms with Crippen molar-refractivity contribution in [1.82, 2.24) is 19.1 Å². The van der Waals surface area contributed by atoms with Crippen molar-refractivity contribution in [2.24, 2.45) is 12.8 Å². The van der Waals surface area contributed by atoms with Crippen LogP contribution in [0.25, 0.3) is 11.2 Å². The molecule has 0 aliphatic rings. The summed E-state index contributed by atoms with van der Waals surface area (Å²) in [7, 11) is 1.65. The number of aryl methyl sites for hydroxylation is 2. The summed E-state index contributed by atoms with van der Waals surface area (Å²) in [5.41, 5.74) is 4.46. The fourth-order valence-corrected chi connectivity index (χ4v) is 1.63. The van der Waals surface area contributed by atoms with Crippen LogP contribution in [0.3, 0.4) is 0 Å². The number of aromatic nitrogens is 4. The number of nitrogens with zero attached hydrogens (tertiary/aromatic N) is 3. The number of imidazole rings is 1. The topological polar surface area (TPSA) is 116 Å². The third kappa shape index (κ3) is 1.84. The van der Waals surface area contributed by atoms with Crippen LogP contribution in [0.1, 0.15) is 6.42 Å². The van der Waals surface area contributed by atoms with Crippen LogP contribution in [0.4, 0.5) is 0 Å². The van der Waals surface area contributed by atoms with E-state index in [1.807, 2.05) is 0 Å². The molecule has 90 valence electrons. The van der Waals surface area contributed by atoms with Crippen LogP contribution in [0.15, 0.2) is 15.9 Å². The van der Waals surface area contributed by atoms with Gasteiger partial charge in [-0.05, 0) is 0 Å². The van der Waals surface area contributed by atoms with E-state index < -0.39 is 17.2 Å². The standard InChI is InChI=1S/C9H11N5O3/c1-13-4-11-7-6(13)8(16)12-9(17)14(7)3-2-5(10)15/h4H,2-3H2,1H3,(H2,10,15)(H,12,16,17). The van der Waals surface area contributed by atoms with Crippen molar-refractivity contribution in [2.75, 3.05) is 0 Å². The van der Waals surface area contributed by atoms with Gasteiger partial charge < -0.3 is 10.3 Å². The molecule has 17 heavy (non-hydrogen) atoms. The Labute approximate surface area is 94.7 Å². The Kier molecular flexibility index (Phi) is 2.54. The van der Waals surface area contributed by atoms with Crippen LogP contribution >= 0.6 is 0 Å². The smallest absolute Gasteiger partial charge is 0.330 e. The summed E-state index contributed by atoms with van der Waals surface area (Å²) in [6.07, 6.45) is 1.44. The quantitative estimate of drug-likeness (QED) is 0.661. The molecule has 0 fully saturated rings. The van der Waals surface area contributed by atoms with Crippen LogP contribution in [0, 0.1) is 0 Å². The first-order valence-electron chi connectivity index (χ1n) is 4.93. The summed E-state index contributed by atoms with van der Waals surface area (Å²) in [5.74, 6) is -0.521. The second-order valence-electron chi connectivity index (χ2n) is 3.65. The van der Waals surface area contributed by atoms with E-state index >= 15 is 0 Å². The molecule has 1 amide bonds. The van der Waals surface area contributed by atoms with E-state index in [2.05, 4.69) is 9.97 Å². The van der Waals surface area contributed by atoms with Gasteiger partial charge in [0.2, 0.25) is 5.91 Å². The summed E-state index contributed by atoms with van der Waals surface area (Å²) in [6, 6.07) is 0. The fraction of sp³-hybridized carbons (Fsp3) is 0.333. The van der Waals surface area contributed by atoms with E-state index in [0.29, 0.717) is 0 Å². The number of nitrogens with two attached hydrogens (primary N) is 1. The van der Waals surface area contributed by atoms with E-state index in [9.17, 15) is 14.4 Å². The van der Waals surface area contributed by atoms with Crippen molar-refractivity contribution in [1.29, 1.82) is 0 Å². The van der Waals surface area contributed by atoms with Gasteiger partial charge in [-0.2, -0.15) is 0 Å². The van der Waals surface area contributed by atoms with Crippen LogP contribution in [0.2, 0.25) is 0 Å². The molecule has 0 aliphatic heterocycles. The lowest BCUT2D eigenvalue weighted by Gasteiger charge is -2.04. The number of fused-ring (bicyclic) bond motifs is 1. The van der Waals surface area contributed by atoms with Crippen molar-refractivity contribution >= 4 is 17.1 Å². The molecule has 0 spiro atoms. The number of carbonyl (C=O) groups is 1. The van der Waals surface area contributed by atoms with Gasteiger partial charge >= 0.3 is 5.69 Å². The molecule has 2 aromatic heterocycles. The SMILES string of the molecule is Cn1cnc2c1c(=O)[nH]c(=O)n2CCC(N)=O. The minimum atomic E-state index is -0.595. The van der Waals surface area contributed by atoms with E-state index in [4.69, 9.17) is 5.73 Å². The molecule has 8 heteroatoms. The molecule has 0 saturated carbocycles. The Bertz CT molecular complexity index is 693. The zero-order valence-corrected chi connectivity index (χ0v) is 9.14. The number of carbonyl (C=O) groups excluding carboxylic acids is 1. The van der Waals surface area contributed by atoms with Gasteiger partial charge in [0.25, 0.3) is 5.56 Å². The number of hydrogen-bond donors (Lipinski definition) is 2. The number of H-pyrrole nitrogens is 1. The van der Waals surface area contributed by atoms with E-state index in [-0.39, 0.29) is 24.1 Å². The summed E-state index contributed by atoms with van der Waals surface area (Å²) in [5, 5.41) is 0. The highest BCUT2D eigenvalue weighted by Gasteiger charge is 2.12. The molecule has 0 saturated heterocycles. The lowest BCUT2D eigenvalue weighted by molar-refractivity contribution is -0.118. The molecule has 0 unspecified atom stereocenters. The van der Waals surface area contributed by atoms with Crippen molar-refractivity contribution in [3.05, 3.63) is 27.2 Å². The highest BCUT2D eigenvalue weighted by Crippen LogP contribution is 2.03. The Hall–Kier alpha value is -2.38. The van der Waals surface area contributed by atoms with Crippen molar-refractivity contribution in [3.63, 3.8) is 0 Å². The van der Waals surface area contributed by atoms with E-state index in [1.165, 1.54) is 15.5 Å².